The molecule has 0 unspecified atom stereocenters. The standard InChI is InChI=1S/C18H22N4O6S/c19-11(6-15(23)24)16(25)22-14(8-29)17(26)21-13(18(27)28)5-9-7-20-12-4-2-1-3-10(9)12/h1-4,7,11,13-14,20,29H,5-6,8,19H2,(H,21,26)(H,22,25)(H,23,24)(H,27,28)/t11-,13-,14-/m0/s1. The number of benzene rings is 1. The average Bonchev–Trinajstić information content (AvgIpc) is 3.07. The minimum atomic E-state index is -1.34. The maximum atomic E-state index is 12.5. The fraction of sp³-hybridized carbons (Fsp3) is 0.333. The monoisotopic (exact) mass is 422 g/mol. The van der Waals surface area contributed by atoms with Crippen molar-refractivity contribution in [1.29, 1.82) is 0 Å². The molecule has 1 heterocycles. The predicted molar refractivity (Wildman–Crippen MR) is 108 cm³/mol. The molecule has 0 aliphatic carbocycles. The molecule has 0 spiro atoms. The summed E-state index contributed by atoms with van der Waals surface area (Å²) in [7, 11) is 0. The Bertz CT molecular complexity index is 915. The van der Waals surface area contributed by atoms with Crippen LogP contribution in [0.2, 0.25) is 0 Å². The number of para-hydroxylation sites is 1. The van der Waals surface area contributed by atoms with Crippen molar-refractivity contribution in [2.45, 2.75) is 31.0 Å². The van der Waals surface area contributed by atoms with Crippen LogP contribution in [-0.4, -0.2) is 62.8 Å². The first-order chi connectivity index (χ1) is 13.7. The number of hydrogen-bond donors (Lipinski definition) is 7. The molecule has 0 saturated heterocycles. The van der Waals surface area contributed by atoms with E-state index in [4.69, 9.17) is 10.8 Å². The van der Waals surface area contributed by atoms with Gasteiger partial charge < -0.3 is 31.6 Å². The molecule has 156 valence electrons. The Morgan fingerprint density at radius 1 is 1.07 bits per heavy atom. The Hall–Kier alpha value is -3.05. The maximum Gasteiger partial charge on any atom is 0.326 e. The van der Waals surface area contributed by atoms with E-state index in [1.807, 2.05) is 24.3 Å². The maximum absolute atomic E-state index is 12.5. The summed E-state index contributed by atoms with van der Waals surface area (Å²) in [6.45, 7) is 0. The van der Waals surface area contributed by atoms with Crippen LogP contribution in [0.4, 0.5) is 0 Å². The zero-order valence-corrected chi connectivity index (χ0v) is 16.2. The number of carboxylic acids is 2. The van der Waals surface area contributed by atoms with Gasteiger partial charge in [-0.1, -0.05) is 18.2 Å². The molecule has 0 aliphatic heterocycles. The van der Waals surface area contributed by atoms with Crippen molar-refractivity contribution in [3.63, 3.8) is 0 Å². The van der Waals surface area contributed by atoms with Gasteiger partial charge in [0.1, 0.15) is 12.1 Å². The Morgan fingerprint density at radius 3 is 2.34 bits per heavy atom. The molecule has 0 fully saturated rings. The van der Waals surface area contributed by atoms with Crippen molar-refractivity contribution in [2.24, 2.45) is 5.73 Å². The third kappa shape index (κ3) is 5.96. The molecule has 10 nitrogen and oxygen atoms in total. The number of carbonyl (C=O) groups excluding carboxylic acids is 2. The van der Waals surface area contributed by atoms with Gasteiger partial charge in [0.25, 0.3) is 0 Å². The SMILES string of the molecule is N[C@@H](CC(=O)O)C(=O)N[C@@H](CS)C(=O)N[C@@H](Cc1c[nH]c2ccccc12)C(=O)O. The second kappa shape index (κ2) is 9.94. The highest BCUT2D eigenvalue weighted by Crippen LogP contribution is 2.19. The second-order valence-electron chi connectivity index (χ2n) is 6.41. The topological polar surface area (TPSA) is 175 Å². The third-order valence-electron chi connectivity index (χ3n) is 4.26. The fourth-order valence-electron chi connectivity index (χ4n) is 2.75. The van der Waals surface area contributed by atoms with Gasteiger partial charge in [-0.25, -0.2) is 4.79 Å². The normalized spacial score (nSPS) is 14.0. The zero-order chi connectivity index (χ0) is 21.6. The number of H-pyrrole nitrogens is 1. The predicted octanol–water partition coefficient (Wildman–Crippen LogP) is -0.504. The highest BCUT2D eigenvalue weighted by molar-refractivity contribution is 7.80. The molecule has 0 aliphatic rings. The number of aromatic nitrogens is 1. The summed E-state index contributed by atoms with van der Waals surface area (Å²) >= 11 is 3.99. The van der Waals surface area contributed by atoms with Crippen LogP contribution in [0.15, 0.2) is 30.5 Å². The number of carboxylic acid groups (broad SMARTS) is 2. The van der Waals surface area contributed by atoms with Gasteiger partial charge >= 0.3 is 11.9 Å². The molecular formula is C18H22N4O6S. The van der Waals surface area contributed by atoms with Crippen molar-refractivity contribution in [1.82, 2.24) is 15.6 Å². The smallest absolute Gasteiger partial charge is 0.326 e. The minimum absolute atomic E-state index is 0.0247. The molecule has 0 saturated carbocycles. The second-order valence-corrected chi connectivity index (χ2v) is 6.78. The van der Waals surface area contributed by atoms with Crippen molar-refractivity contribution in [3.8, 4) is 0 Å². The molecule has 7 N–H and O–H groups in total. The van der Waals surface area contributed by atoms with Crippen LogP contribution in [0.3, 0.4) is 0 Å². The lowest BCUT2D eigenvalue weighted by molar-refractivity contribution is -0.142. The number of nitrogens with one attached hydrogen (secondary N) is 3. The van der Waals surface area contributed by atoms with E-state index < -0.39 is 48.3 Å². The van der Waals surface area contributed by atoms with Gasteiger partial charge in [0.05, 0.1) is 12.5 Å². The van der Waals surface area contributed by atoms with Gasteiger partial charge in [0, 0.05) is 29.3 Å². The molecule has 11 heteroatoms. The molecule has 0 bridgehead atoms. The van der Waals surface area contributed by atoms with Crippen LogP contribution in [0.25, 0.3) is 10.9 Å². The molecule has 2 rings (SSSR count). The summed E-state index contributed by atoms with van der Waals surface area (Å²) in [5, 5.41) is 23.7. The number of thiol groups is 1. The highest BCUT2D eigenvalue weighted by atomic mass is 32.1. The molecule has 1 aromatic heterocycles. The zero-order valence-electron chi connectivity index (χ0n) is 15.3. The summed E-state index contributed by atoms with van der Waals surface area (Å²) in [5.74, 6) is -4.23. The number of amides is 2. The minimum Gasteiger partial charge on any atom is -0.481 e. The van der Waals surface area contributed by atoms with Gasteiger partial charge in [0.2, 0.25) is 11.8 Å². The lowest BCUT2D eigenvalue weighted by atomic mass is 10.0. The average molecular weight is 422 g/mol. The van der Waals surface area contributed by atoms with E-state index in [9.17, 15) is 24.3 Å². The van der Waals surface area contributed by atoms with Gasteiger partial charge in [-0.3, -0.25) is 14.4 Å². The van der Waals surface area contributed by atoms with E-state index in [0.29, 0.717) is 5.56 Å². The molecule has 3 atom stereocenters. The van der Waals surface area contributed by atoms with E-state index in [0.717, 1.165) is 10.9 Å². The number of hydrogen-bond acceptors (Lipinski definition) is 6. The van der Waals surface area contributed by atoms with Crippen LogP contribution in [0.1, 0.15) is 12.0 Å². The summed E-state index contributed by atoms with van der Waals surface area (Å²) in [6.07, 6.45) is 1.09. The van der Waals surface area contributed by atoms with Crippen LogP contribution in [-0.2, 0) is 25.6 Å². The molecule has 2 aromatic rings. The molecule has 29 heavy (non-hydrogen) atoms. The van der Waals surface area contributed by atoms with E-state index in [1.165, 1.54) is 0 Å². The number of fused-ring (bicyclic) bond motifs is 1. The summed E-state index contributed by atoms with van der Waals surface area (Å²) in [4.78, 5) is 49.7. The number of rotatable bonds is 10. The van der Waals surface area contributed by atoms with Gasteiger partial charge in [-0.2, -0.15) is 12.6 Å². The van der Waals surface area contributed by atoms with Crippen molar-refractivity contribution < 1.29 is 29.4 Å². The first kappa shape index (κ1) is 22.2. The van der Waals surface area contributed by atoms with Crippen molar-refractivity contribution in [2.75, 3.05) is 5.75 Å². The van der Waals surface area contributed by atoms with Crippen LogP contribution in [0.5, 0.6) is 0 Å². The Balaban J connectivity index is 2.06. The van der Waals surface area contributed by atoms with E-state index in [-0.39, 0.29) is 12.2 Å². The molecule has 1 aromatic carbocycles. The lowest BCUT2D eigenvalue weighted by Gasteiger charge is -2.21. The quantitative estimate of drug-likeness (QED) is 0.252. The highest BCUT2D eigenvalue weighted by Gasteiger charge is 2.28. The summed E-state index contributed by atoms with van der Waals surface area (Å²) < 4.78 is 0. The van der Waals surface area contributed by atoms with Crippen molar-refractivity contribution >= 4 is 47.3 Å². The Morgan fingerprint density at radius 2 is 1.72 bits per heavy atom. The van der Waals surface area contributed by atoms with Gasteiger partial charge in [-0.15, -0.1) is 0 Å². The molecule has 2 amide bonds. The van der Waals surface area contributed by atoms with Crippen LogP contribution >= 0.6 is 12.6 Å². The first-order valence-electron chi connectivity index (χ1n) is 8.69. The van der Waals surface area contributed by atoms with Gasteiger partial charge in [0.15, 0.2) is 0 Å². The van der Waals surface area contributed by atoms with E-state index in [2.05, 4.69) is 28.2 Å². The molecule has 0 radical (unpaired) electrons. The molecular weight excluding hydrogens is 400 g/mol. The number of aromatic amines is 1. The van der Waals surface area contributed by atoms with Crippen LogP contribution in [0, 0.1) is 0 Å². The summed E-state index contributed by atoms with van der Waals surface area (Å²) in [5.41, 5.74) is 7.02. The van der Waals surface area contributed by atoms with E-state index >= 15 is 0 Å². The van der Waals surface area contributed by atoms with Crippen molar-refractivity contribution in [3.05, 3.63) is 36.0 Å². The number of carbonyl (C=O) groups is 4. The fourth-order valence-corrected chi connectivity index (χ4v) is 3.00. The summed E-state index contributed by atoms with van der Waals surface area (Å²) in [6, 6.07) is 3.59. The largest absolute Gasteiger partial charge is 0.481 e. The number of aliphatic carboxylic acids is 2. The number of nitrogens with two attached hydrogens (primary N) is 1. The van der Waals surface area contributed by atoms with E-state index in [1.54, 1.807) is 6.20 Å². The lowest BCUT2D eigenvalue weighted by Crippen LogP contribution is -2.55. The Kier molecular flexibility index (Phi) is 7.62. The first-order valence-corrected chi connectivity index (χ1v) is 9.33. The van der Waals surface area contributed by atoms with Crippen LogP contribution < -0.4 is 16.4 Å². The van der Waals surface area contributed by atoms with Gasteiger partial charge in [-0.05, 0) is 11.6 Å². The third-order valence-corrected chi connectivity index (χ3v) is 4.63. The Labute approximate surface area is 171 Å².